The van der Waals surface area contributed by atoms with E-state index in [1.54, 1.807) is 37.4 Å². The highest BCUT2D eigenvalue weighted by Crippen LogP contribution is 2.20. The summed E-state index contributed by atoms with van der Waals surface area (Å²) in [4.78, 5) is 14.6. The molecule has 0 radical (unpaired) electrons. The number of carbonyl (C=O) groups excluding carboxylic acids is 1. The van der Waals surface area contributed by atoms with Crippen molar-refractivity contribution in [1.82, 2.24) is 10.2 Å². The number of hydrogen-bond acceptors (Lipinski definition) is 4. The zero-order valence-corrected chi connectivity index (χ0v) is 15.4. The third-order valence-electron chi connectivity index (χ3n) is 4.01. The van der Waals surface area contributed by atoms with Crippen molar-refractivity contribution >= 4 is 5.91 Å². The summed E-state index contributed by atoms with van der Waals surface area (Å²) >= 11 is 0. The minimum Gasteiger partial charge on any atom is -0.490 e. The van der Waals surface area contributed by atoms with Crippen LogP contribution in [0.25, 0.3) is 0 Å². The van der Waals surface area contributed by atoms with Crippen LogP contribution < -0.4 is 10.1 Å². The second-order valence-corrected chi connectivity index (χ2v) is 6.08. The molecule has 26 heavy (non-hydrogen) atoms. The van der Waals surface area contributed by atoms with E-state index in [9.17, 15) is 9.18 Å². The van der Waals surface area contributed by atoms with Crippen molar-refractivity contribution < 1.29 is 18.7 Å². The predicted octanol–water partition coefficient (Wildman–Crippen LogP) is 2.88. The Hall–Kier alpha value is -2.44. The van der Waals surface area contributed by atoms with Crippen molar-refractivity contribution in [2.24, 2.45) is 0 Å². The van der Waals surface area contributed by atoms with Crippen molar-refractivity contribution in [3.05, 3.63) is 65.5 Å². The highest BCUT2D eigenvalue weighted by atomic mass is 19.1. The lowest BCUT2D eigenvalue weighted by Gasteiger charge is -2.25. The van der Waals surface area contributed by atoms with Gasteiger partial charge < -0.3 is 19.7 Å². The van der Waals surface area contributed by atoms with Gasteiger partial charge in [0, 0.05) is 13.7 Å². The third kappa shape index (κ3) is 5.54. The van der Waals surface area contributed by atoms with Crippen LogP contribution in [0.2, 0.25) is 0 Å². The Bertz CT molecular complexity index is 704. The Morgan fingerprint density at radius 1 is 1.12 bits per heavy atom. The summed E-state index contributed by atoms with van der Waals surface area (Å²) in [6.45, 7) is 1.21. The number of hydrogen-bond donors (Lipinski definition) is 1. The van der Waals surface area contributed by atoms with Gasteiger partial charge in [0.05, 0.1) is 18.2 Å². The minimum atomic E-state index is -0.280. The molecular formula is C20H25FN2O3. The van der Waals surface area contributed by atoms with Gasteiger partial charge in [-0.3, -0.25) is 4.79 Å². The van der Waals surface area contributed by atoms with E-state index >= 15 is 0 Å². The minimum absolute atomic E-state index is 0.0684. The quantitative estimate of drug-likeness (QED) is 0.699. The molecule has 1 atom stereocenters. The molecule has 0 aliphatic carbocycles. The lowest BCUT2D eigenvalue weighted by Crippen LogP contribution is -2.34. The number of methoxy groups -OCH3 is 1. The molecule has 6 heteroatoms. The van der Waals surface area contributed by atoms with Crippen molar-refractivity contribution in [2.75, 3.05) is 41.0 Å². The van der Waals surface area contributed by atoms with E-state index in [1.807, 2.05) is 25.1 Å². The van der Waals surface area contributed by atoms with Gasteiger partial charge in [-0.05, 0) is 43.9 Å². The van der Waals surface area contributed by atoms with Crippen LogP contribution in [0, 0.1) is 5.82 Å². The molecule has 0 spiro atoms. The predicted molar refractivity (Wildman–Crippen MR) is 99.0 cm³/mol. The average Bonchev–Trinajstić information content (AvgIpc) is 2.63. The fourth-order valence-electron chi connectivity index (χ4n) is 2.58. The first kappa shape index (κ1) is 19.9. The van der Waals surface area contributed by atoms with Crippen LogP contribution in [-0.2, 0) is 4.74 Å². The molecule has 0 heterocycles. The molecule has 1 unspecified atom stereocenters. The molecule has 0 aliphatic rings. The van der Waals surface area contributed by atoms with Crippen molar-refractivity contribution in [2.45, 2.75) is 6.04 Å². The van der Waals surface area contributed by atoms with E-state index < -0.39 is 0 Å². The Kier molecular flexibility index (Phi) is 7.56. The molecule has 0 fully saturated rings. The second-order valence-electron chi connectivity index (χ2n) is 6.08. The summed E-state index contributed by atoms with van der Waals surface area (Å²) < 4.78 is 23.7. The van der Waals surface area contributed by atoms with Crippen LogP contribution in [0.15, 0.2) is 48.5 Å². The number of rotatable bonds is 9. The van der Waals surface area contributed by atoms with E-state index in [1.165, 1.54) is 12.1 Å². The Labute approximate surface area is 153 Å². The Morgan fingerprint density at radius 3 is 2.46 bits per heavy atom. The fourth-order valence-corrected chi connectivity index (χ4v) is 2.58. The van der Waals surface area contributed by atoms with Crippen molar-refractivity contribution in [3.63, 3.8) is 0 Å². The molecule has 0 saturated heterocycles. The highest BCUT2D eigenvalue weighted by Gasteiger charge is 2.18. The topological polar surface area (TPSA) is 50.8 Å². The molecule has 0 aromatic heterocycles. The first-order valence-corrected chi connectivity index (χ1v) is 8.43. The first-order valence-electron chi connectivity index (χ1n) is 8.43. The lowest BCUT2D eigenvalue weighted by molar-refractivity contribution is 0.0934. The number of nitrogens with one attached hydrogen (secondary N) is 1. The van der Waals surface area contributed by atoms with E-state index in [4.69, 9.17) is 9.47 Å². The van der Waals surface area contributed by atoms with Gasteiger partial charge in [0.15, 0.2) is 0 Å². The summed E-state index contributed by atoms with van der Waals surface area (Å²) in [6, 6.07) is 13.3. The Morgan fingerprint density at radius 2 is 1.81 bits per heavy atom. The van der Waals surface area contributed by atoms with Crippen molar-refractivity contribution in [1.29, 1.82) is 0 Å². The average molecular weight is 360 g/mol. The van der Waals surface area contributed by atoms with E-state index in [0.29, 0.717) is 31.1 Å². The van der Waals surface area contributed by atoms with Crippen LogP contribution in [0.3, 0.4) is 0 Å². The third-order valence-corrected chi connectivity index (χ3v) is 4.01. The van der Waals surface area contributed by atoms with Gasteiger partial charge in [-0.2, -0.15) is 0 Å². The van der Waals surface area contributed by atoms with Gasteiger partial charge in [-0.15, -0.1) is 0 Å². The number of nitrogens with zero attached hydrogens (tertiary/aromatic N) is 1. The molecule has 2 aromatic carbocycles. The number of ether oxygens (including phenoxy) is 2. The number of amides is 1. The summed E-state index contributed by atoms with van der Waals surface area (Å²) in [5.74, 6) is 0.0228. The fraction of sp³-hybridized carbons (Fsp3) is 0.350. The van der Waals surface area contributed by atoms with Gasteiger partial charge >= 0.3 is 0 Å². The molecule has 0 saturated carbocycles. The smallest absolute Gasteiger partial charge is 0.255 e. The molecule has 0 aliphatic heterocycles. The Balaban J connectivity index is 2.05. The highest BCUT2D eigenvalue weighted by molar-refractivity contribution is 5.96. The number of halogens is 1. The molecule has 1 amide bonds. The standard InChI is InChI=1S/C20H25FN2O3/c1-23(2)18(15-8-10-16(21)11-9-15)14-22-20(24)17-6-4-5-7-19(17)26-13-12-25-3/h4-11,18H,12-14H2,1-3H3,(H,22,24). The van der Waals surface area contributed by atoms with Crippen LogP contribution in [-0.4, -0.2) is 51.8 Å². The van der Waals surface area contributed by atoms with E-state index in [-0.39, 0.29) is 17.8 Å². The molecule has 1 N–H and O–H groups in total. The zero-order valence-electron chi connectivity index (χ0n) is 15.4. The normalized spacial score (nSPS) is 12.0. The molecule has 5 nitrogen and oxygen atoms in total. The number of likely N-dealkylation sites (N-methyl/N-ethyl adjacent to an activating group) is 1. The molecule has 140 valence electrons. The molecule has 2 rings (SSSR count). The van der Waals surface area contributed by atoms with Crippen LogP contribution in [0.5, 0.6) is 5.75 Å². The van der Waals surface area contributed by atoms with Crippen LogP contribution in [0.4, 0.5) is 4.39 Å². The number of carbonyl (C=O) groups is 1. The summed E-state index contributed by atoms with van der Waals surface area (Å²) in [6.07, 6.45) is 0. The largest absolute Gasteiger partial charge is 0.490 e. The monoisotopic (exact) mass is 360 g/mol. The molecule has 2 aromatic rings. The van der Waals surface area contributed by atoms with E-state index in [0.717, 1.165) is 5.56 Å². The maximum atomic E-state index is 13.2. The maximum absolute atomic E-state index is 13.2. The number of para-hydroxylation sites is 1. The van der Waals surface area contributed by atoms with Crippen molar-refractivity contribution in [3.8, 4) is 5.75 Å². The van der Waals surface area contributed by atoms with Gasteiger partial charge in [-0.1, -0.05) is 24.3 Å². The second kappa shape index (κ2) is 9.89. The summed E-state index contributed by atoms with van der Waals surface area (Å²) in [5, 5.41) is 2.94. The van der Waals surface area contributed by atoms with Gasteiger partial charge in [0.25, 0.3) is 5.91 Å². The summed E-state index contributed by atoms with van der Waals surface area (Å²) in [5.41, 5.74) is 1.40. The first-order chi connectivity index (χ1) is 12.5. The van der Waals surface area contributed by atoms with Gasteiger partial charge in [0.2, 0.25) is 0 Å². The lowest BCUT2D eigenvalue weighted by atomic mass is 10.1. The maximum Gasteiger partial charge on any atom is 0.255 e. The molecule has 0 bridgehead atoms. The zero-order chi connectivity index (χ0) is 18.9. The SMILES string of the molecule is COCCOc1ccccc1C(=O)NCC(c1ccc(F)cc1)N(C)C. The van der Waals surface area contributed by atoms with Crippen LogP contribution in [0.1, 0.15) is 22.0 Å². The van der Waals surface area contributed by atoms with Crippen LogP contribution >= 0.6 is 0 Å². The van der Waals surface area contributed by atoms with Gasteiger partial charge in [0.1, 0.15) is 18.2 Å². The molecular weight excluding hydrogens is 335 g/mol. The number of benzene rings is 2. The van der Waals surface area contributed by atoms with Gasteiger partial charge in [-0.25, -0.2) is 4.39 Å². The summed E-state index contributed by atoms with van der Waals surface area (Å²) in [7, 11) is 5.43. The van der Waals surface area contributed by atoms with E-state index in [2.05, 4.69) is 5.32 Å².